The standard InChI is InChI=1S/C13H20/c1-8-6-9-7-13(9)11-10(8)4-3-5-12(11,13)2/h8-11H,3-7H2,1-2H3. The smallest absolute Gasteiger partial charge is 0.0173 e. The van der Waals surface area contributed by atoms with Crippen molar-refractivity contribution >= 4 is 0 Å². The molecular weight excluding hydrogens is 156 g/mol. The van der Waals surface area contributed by atoms with Gasteiger partial charge in [-0.2, -0.15) is 0 Å². The van der Waals surface area contributed by atoms with Crippen LogP contribution in [-0.4, -0.2) is 0 Å². The number of rotatable bonds is 0. The highest BCUT2D eigenvalue weighted by Crippen LogP contribution is 2.93. The van der Waals surface area contributed by atoms with Gasteiger partial charge < -0.3 is 0 Å². The van der Waals surface area contributed by atoms with E-state index in [0.29, 0.717) is 0 Å². The summed E-state index contributed by atoms with van der Waals surface area (Å²) in [6, 6.07) is 0. The van der Waals surface area contributed by atoms with Gasteiger partial charge in [0.1, 0.15) is 0 Å². The Labute approximate surface area is 81.1 Å². The van der Waals surface area contributed by atoms with Crippen LogP contribution in [0.5, 0.6) is 0 Å². The monoisotopic (exact) mass is 176 g/mol. The van der Waals surface area contributed by atoms with Crippen molar-refractivity contribution in [2.24, 2.45) is 34.5 Å². The molecule has 0 heteroatoms. The Morgan fingerprint density at radius 2 is 2.15 bits per heavy atom. The van der Waals surface area contributed by atoms with Gasteiger partial charge in [-0.3, -0.25) is 0 Å². The molecule has 0 radical (unpaired) electrons. The van der Waals surface area contributed by atoms with Gasteiger partial charge in [0.15, 0.2) is 0 Å². The first-order valence-electron chi connectivity index (χ1n) is 6.20. The van der Waals surface area contributed by atoms with Crippen molar-refractivity contribution in [3.8, 4) is 0 Å². The van der Waals surface area contributed by atoms with Crippen molar-refractivity contribution in [3.63, 3.8) is 0 Å². The molecule has 72 valence electrons. The van der Waals surface area contributed by atoms with Crippen LogP contribution in [0.2, 0.25) is 0 Å². The fraction of sp³-hybridized carbons (Fsp3) is 1.00. The Morgan fingerprint density at radius 3 is 3.00 bits per heavy atom. The van der Waals surface area contributed by atoms with Gasteiger partial charge in [-0.05, 0) is 60.2 Å². The van der Waals surface area contributed by atoms with E-state index >= 15 is 0 Å². The first-order valence-corrected chi connectivity index (χ1v) is 6.20. The van der Waals surface area contributed by atoms with Crippen LogP contribution in [0.4, 0.5) is 0 Å². The predicted molar refractivity (Wildman–Crippen MR) is 53.3 cm³/mol. The number of hydrogen-bond acceptors (Lipinski definition) is 0. The zero-order valence-electron chi connectivity index (χ0n) is 8.84. The Bertz CT molecular complexity index is 278. The molecular formula is C13H20. The van der Waals surface area contributed by atoms with Gasteiger partial charge >= 0.3 is 0 Å². The van der Waals surface area contributed by atoms with Crippen LogP contribution in [0.15, 0.2) is 0 Å². The van der Waals surface area contributed by atoms with Crippen LogP contribution < -0.4 is 0 Å². The molecule has 0 bridgehead atoms. The molecule has 0 nitrogen and oxygen atoms in total. The second kappa shape index (κ2) is 1.73. The maximum absolute atomic E-state index is 2.61. The highest BCUT2D eigenvalue weighted by atomic mass is 14.9. The van der Waals surface area contributed by atoms with Crippen molar-refractivity contribution in [2.75, 3.05) is 0 Å². The lowest BCUT2D eigenvalue weighted by Crippen LogP contribution is -2.23. The van der Waals surface area contributed by atoms with E-state index in [0.717, 1.165) is 22.7 Å². The van der Waals surface area contributed by atoms with Crippen molar-refractivity contribution in [1.29, 1.82) is 0 Å². The van der Waals surface area contributed by atoms with E-state index in [1.165, 1.54) is 18.3 Å². The van der Waals surface area contributed by atoms with Crippen LogP contribution in [0.1, 0.15) is 46.0 Å². The van der Waals surface area contributed by atoms with Crippen LogP contribution in [0.3, 0.4) is 0 Å². The van der Waals surface area contributed by atoms with Crippen LogP contribution in [0, 0.1) is 34.5 Å². The van der Waals surface area contributed by atoms with Gasteiger partial charge in [0, 0.05) is 0 Å². The first-order chi connectivity index (χ1) is 6.20. The maximum atomic E-state index is 2.61. The molecule has 6 atom stereocenters. The molecule has 0 N–H and O–H groups in total. The summed E-state index contributed by atoms with van der Waals surface area (Å²) in [5.74, 6) is 4.56. The lowest BCUT2D eigenvalue weighted by atomic mass is 9.74. The molecule has 4 aliphatic rings. The lowest BCUT2D eigenvalue weighted by Gasteiger charge is -2.31. The molecule has 0 heterocycles. The third-order valence-corrected chi connectivity index (χ3v) is 6.42. The van der Waals surface area contributed by atoms with Crippen LogP contribution in [-0.2, 0) is 0 Å². The first kappa shape index (κ1) is 7.31. The second-order valence-electron chi connectivity index (χ2n) is 6.61. The minimum atomic E-state index is 0.839. The maximum Gasteiger partial charge on any atom is -0.0173 e. The van der Waals surface area contributed by atoms with Crippen molar-refractivity contribution in [3.05, 3.63) is 0 Å². The molecule has 0 aliphatic heterocycles. The topological polar surface area (TPSA) is 0 Å². The molecule has 6 unspecified atom stereocenters. The Balaban J connectivity index is 1.81. The second-order valence-corrected chi connectivity index (χ2v) is 6.61. The highest BCUT2D eigenvalue weighted by molar-refractivity contribution is 5.34. The van der Waals surface area contributed by atoms with Gasteiger partial charge in [0.25, 0.3) is 0 Å². The summed E-state index contributed by atoms with van der Waals surface area (Å²) in [5.41, 5.74) is 1.77. The summed E-state index contributed by atoms with van der Waals surface area (Å²) in [6.07, 6.45) is 7.87. The van der Waals surface area contributed by atoms with Gasteiger partial charge in [-0.15, -0.1) is 0 Å². The Morgan fingerprint density at radius 1 is 1.31 bits per heavy atom. The van der Waals surface area contributed by atoms with Gasteiger partial charge in [-0.25, -0.2) is 0 Å². The summed E-state index contributed by atoms with van der Waals surface area (Å²) < 4.78 is 0. The van der Waals surface area contributed by atoms with Crippen LogP contribution in [0.25, 0.3) is 0 Å². The fourth-order valence-electron chi connectivity index (χ4n) is 5.90. The minimum absolute atomic E-state index is 0.839. The van der Waals surface area contributed by atoms with Crippen molar-refractivity contribution in [2.45, 2.75) is 46.0 Å². The van der Waals surface area contributed by atoms with Gasteiger partial charge in [0.05, 0.1) is 0 Å². The molecule has 0 aromatic rings. The third-order valence-electron chi connectivity index (χ3n) is 6.42. The average Bonchev–Trinajstić information content (AvgIpc) is 2.91. The van der Waals surface area contributed by atoms with E-state index in [1.54, 1.807) is 25.7 Å². The normalized spacial score (nSPS) is 72.5. The molecule has 0 aromatic heterocycles. The molecule has 4 saturated carbocycles. The molecule has 0 aromatic carbocycles. The molecule has 0 amide bonds. The van der Waals surface area contributed by atoms with Crippen molar-refractivity contribution < 1.29 is 0 Å². The zero-order valence-corrected chi connectivity index (χ0v) is 8.84. The summed E-state index contributed by atoms with van der Waals surface area (Å²) in [7, 11) is 0. The van der Waals surface area contributed by atoms with Gasteiger partial charge in [0.2, 0.25) is 0 Å². The SMILES string of the molecule is CC1CC2CC23C2C1CCCC23C. The molecule has 4 aliphatic carbocycles. The lowest BCUT2D eigenvalue weighted by molar-refractivity contribution is 0.183. The minimum Gasteiger partial charge on any atom is -0.0622 e. The highest BCUT2D eigenvalue weighted by Gasteiger charge is 2.87. The van der Waals surface area contributed by atoms with E-state index in [2.05, 4.69) is 13.8 Å². The largest absolute Gasteiger partial charge is 0.0622 e. The summed E-state index contributed by atoms with van der Waals surface area (Å²) >= 11 is 0. The average molecular weight is 176 g/mol. The molecule has 1 spiro atoms. The summed E-state index contributed by atoms with van der Waals surface area (Å²) in [6.45, 7) is 5.14. The Hall–Kier alpha value is 0. The van der Waals surface area contributed by atoms with E-state index < -0.39 is 0 Å². The Kier molecular flexibility index (Phi) is 0.971. The summed E-state index contributed by atoms with van der Waals surface area (Å²) in [5, 5.41) is 0. The van der Waals surface area contributed by atoms with Gasteiger partial charge in [-0.1, -0.05) is 20.3 Å². The number of hydrogen-bond donors (Lipinski definition) is 0. The quantitative estimate of drug-likeness (QED) is 0.530. The zero-order chi connectivity index (χ0) is 8.84. The molecule has 13 heavy (non-hydrogen) atoms. The summed E-state index contributed by atoms with van der Waals surface area (Å²) in [4.78, 5) is 0. The molecule has 0 saturated heterocycles. The van der Waals surface area contributed by atoms with Crippen LogP contribution >= 0.6 is 0 Å². The van der Waals surface area contributed by atoms with E-state index in [1.807, 2.05) is 0 Å². The molecule has 4 fully saturated rings. The van der Waals surface area contributed by atoms with Crippen molar-refractivity contribution in [1.82, 2.24) is 0 Å². The predicted octanol–water partition coefficient (Wildman–Crippen LogP) is 3.47. The fourth-order valence-corrected chi connectivity index (χ4v) is 5.90. The molecule has 4 rings (SSSR count). The van der Waals surface area contributed by atoms with E-state index in [-0.39, 0.29) is 0 Å². The van der Waals surface area contributed by atoms with E-state index in [9.17, 15) is 0 Å². The third kappa shape index (κ3) is 0.543. The van der Waals surface area contributed by atoms with E-state index in [4.69, 9.17) is 0 Å².